The first-order chi connectivity index (χ1) is 3.56. The van der Waals surface area contributed by atoms with Crippen molar-refractivity contribution < 1.29 is 9.32 Å². The molecule has 0 aromatic carbocycles. The number of hydrogen-bond donors (Lipinski definition) is 1. The van der Waals surface area contributed by atoms with E-state index in [-0.39, 0.29) is 6.61 Å². The largest absolute Gasteiger partial charge is 0.396 e. The van der Waals surface area contributed by atoms with Gasteiger partial charge in [0.2, 0.25) is 0 Å². The summed E-state index contributed by atoms with van der Waals surface area (Å²) < 4.78 is 10.7. The minimum absolute atomic E-state index is 0.111. The predicted molar refractivity (Wildman–Crippen MR) is 37.8 cm³/mol. The molecule has 8 heavy (non-hydrogen) atoms. The molecule has 0 heterocycles. The molecule has 0 amide bonds. The fraction of sp³-hybridized carbons (Fsp3) is 0.800. The van der Waals surface area contributed by atoms with Crippen LogP contribution in [-0.4, -0.2) is 33.8 Å². The molecule has 0 aliphatic heterocycles. The smallest absolute Gasteiger partial charge is 0.0439 e. The normalized spacial score (nSPS) is 17.8. The Labute approximate surface area is 50.5 Å². The molecule has 0 radical (unpaired) electrons. The van der Waals surface area contributed by atoms with Crippen LogP contribution >= 0.6 is 0 Å². The molecule has 1 unspecified atom stereocenters. The second-order valence-corrected chi connectivity index (χ2v) is 4.74. The maximum absolute atomic E-state index is 10.7. The van der Waals surface area contributed by atoms with Gasteiger partial charge in [0.1, 0.15) is 0 Å². The van der Waals surface area contributed by atoms with E-state index in [0.29, 0.717) is 12.2 Å². The molecule has 0 saturated heterocycles. The Morgan fingerprint density at radius 2 is 2.25 bits per heavy atom. The van der Waals surface area contributed by atoms with Gasteiger partial charge >= 0.3 is 0 Å². The van der Waals surface area contributed by atoms with Crippen molar-refractivity contribution in [2.75, 3.05) is 18.6 Å². The van der Waals surface area contributed by atoms with E-state index in [9.17, 15) is 4.21 Å². The predicted octanol–water partition coefficient (Wildman–Crippen LogP) is -0.285. The zero-order chi connectivity index (χ0) is 6.62. The maximum Gasteiger partial charge on any atom is 0.0439 e. The van der Waals surface area contributed by atoms with Crippen LogP contribution in [0.1, 0.15) is 6.42 Å². The molecule has 0 aliphatic carbocycles. The van der Waals surface area contributed by atoms with Gasteiger partial charge in [-0.05, 0) is 21.8 Å². The van der Waals surface area contributed by atoms with E-state index in [1.807, 2.05) is 0 Å². The number of rotatable bonds is 3. The molecule has 2 nitrogen and oxygen atoms in total. The Kier molecular flexibility index (Phi) is 3.09. The van der Waals surface area contributed by atoms with E-state index < -0.39 is 9.52 Å². The van der Waals surface area contributed by atoms with Crippen LogP contribution in [-0.2, 0) is 9.52 Å². The van der Waals surface area contributed by atoms with Crippen molar-refractivity contribution >= 4 is 15.4 Å². The Hall–Kier alpha value is -0.0200. The number of aliphatic hydroxyl groups excluding tert-OH is 1. The summed E-state index contributed by atoms with van der Waals surface area (Å²) in [5.41, 5.74) is 0. The van der Waals surface area contributed by atoms with Crippen molar-refractivity contribution in [2.24, 2.45) is 0 Å². The first kappa shape index (κ1) is 7.98. The van der Waals surface area contributed by atoms with Crippen LogP contribution in [0.2, 0.25) is 0 Å². The van der Waals surface area contributed by atoms with E-state index >= 15 is 0 Å². The summed E-state index contributed by atoms with van der Waals surface area (Å²) in [5, 5.41) is 8.28. The van der Waals surface area contributed by atoms with Gasteiger partial charge in [-0.2, -0.15) is 0 Å². The lowest BCUT2D eigenvalue weighted by molar-refractivity contribution is 0.296. The van der Waals surface area contributed by atoms with Gasteiger partial charge in [-0.3, -0.25) is 4.21 Å². The minimum Gasteiger partial charge on any atom is -0.396 e. The van der Waals surface area contributed by atoms with Crippen LogP contribution in [0.4, 0.5) is 0 Å². The van der Waals surface area contributed by atoms with Gasteiger partial charge in [0.25, 0.3) is 0 Å². The van der Waals surface area contributed by atoms with Gasteiger partial charge in [-0.1, -0.05) is 0 Å². The highest BCUT2D eigenvalue weighted by molar-refractivity contribution is 7.99. The van der Waals surface area contributed by atoms with Crippen molar-refractivity contribution in [3.05, 3.63) is 0 Å². The van der Waals surface area contributed by atoms with Crippen LogP contribution in [0.25, 0.3) is 0 Å². The number of aliphatic hydroxyl groups is 1. The van der Waals surface area contributed by atoms with Gasteiger partial charge < -0.3 is 5.11 Å². The standard InChI is InChI=1S/C5H12O2S/c1-8(2,7)5-3-4-6/h6H,1,3-5H2,2H3. The lowest BCUT2D eigenvalue weighted by atomic mass is 10.5. The SMILES string of the molecule is C=S(C)(=O)CCCO. The highest BCUT2D eigenvalue weighted by atomic mass is 32.2. The molecule has 0 rings (SSSR count). The Morgan fingerprint density at radius 3 is 2.38 bits per heavy atom. The van der Waals surface area contributed by atoms with Gasteiger partial charge in [-0.25, -0.2) is 0 Å². The summed E-state index contributed by atoms with van der Waals surface area (Å²) in [7, 11) is -1.85. The van der Waals surface area contributed by atoms with Crippen molar-refractivity contribution in [3.8, 4) is 0 Å². The van der Waals surface area contributed by atoms with Crippen LogP contribution in [0.15, 0.2) is 0 Å². The summed E-state index contributed by atoms with van der Waals surface area (Å²) in [6, 6.07) is 0. The second kappa shape index (κ2) is 3.10. The number of hydrogen-bond acceptors (Lipinski definition) is 2. The lowest BCUT2D eigenvalue weighted by Gasteiger charge is -1.96. The van der Waals surface area contributed by atoms with Crippen LogP contribution in [0.5, 0.6) is 0 Å². The minimum atomic E-state index is -1.85. The van der Waals surface area contributed by atoms with Gasteiger partial charge in [0.05, 0.1) is 0 Å². The van der Waals surface area contributed by atoms with E-state index in [2.05, 4.69) is 5.87 Å². The summed E-state index contributed by atoms with van der Waals surface area (Å²) in [4.78, 5) is 0. The van der Waals surface area contributed by atoms with E-state index in [1.54, 1.807) is 6.26 Å². The molecule has 0 bridgehead atoms. The third-order valence-electron chi connectivity index (χ3n) is 0.734. The topological polar surface area (TPSA) is 37.3 Å². The lowest BCUT2D eigenvalue weighted by Crippen LogP contribution is -2.03. The molecule has 0 aromatic rings. The zero-order valence-corrected chi connectivity index (χ0v) is 5.91. The molecular weight excluding hydrogens is 124 g/mol. The van der Waals surface area contributed by atoms with Crippen LogP contribution < -0.4 is 0 Å². The fourth-order valence-electron chi connectivity index (χ4n) is 0.370. The Morgan fingerprint density at radius 1 is 1.75 bits per heavy atom. The zero-order valence-electron chi connectivity index (χ0n) is 5.09. The third kappa shape index (κ3) is 5.98. The molecule has 0 spiro atoms. The van der Waals surface area contributed by atoms with Crippen LogP contribution in [0, 0.1) is 0 Å². The molecule has 0 fully saturated rings. The van der Waals surface area contributed by atoms with E-state index in [1.165, 1.54) is 0 Å². The molecule has 3 heteroatoms. The molecule has 1 N–H and O–H groups in total. The highest BCUT2D eigenvalue weighted by Gasteiger charge is 1.91. The fourth-order valence-corrected chi connectivity index (χ4v) is 1.11. The first-order valence-electron chi connectivity index (χ1n) is 2.47. The molecule has 0 aliphatic rings. The summed E-state index contributed by atoms with van der Waals surface area (Å²) >= 11 is 0. The summed E-state index contributed by atoms with van der Waals surface area (Å²) in [6.45, 7) is 0.111. The highest BCUT2D eigenvalue weighted by Crippen LogP contribution is 1.85. The average molecular weight is 136 g/mol. The summed E-state index contributed by atoms with van der Waals surface area (Å²) in [5.74, 6) is 3.96. The molecule has 1 atom stereocenters. The third-order valence-corrected chi connectivity index (χ3v) is 1.89. The monoisotopic (exact) mass is 136 g/mol. The average Bonchev–Trinajstić information content (AvgIpc) is 1.59. The van der Waals surface area contributed by atoms with Crippen molar-refractivity contribution in [2.45, 2.75) is 6.42 Å². The molecule has 0 saturated carbocycles. The first-order valence-corrected chi connectivity index (χ1v) is 4.77. The molecule has 0 aromatic heterocycles. The van der Waals surface area contributed by atoms with Crippen molar-refractivity contribution in [1.82, 2.24) is 0 Å². The summed E-state index contributed by atoms with van der Waals surface area (Å²) in [6.07, 6.45) is 2.20. The Balaban J connectivity index is 3.42. The quantitative estimate of drug-likeness (QED) is 0.542. The van der Waals surface area contributed by atoms with Gasteiger partial charge in [-0.15, -0.1) is 0 Å². The maximum atomic E-state index is 10.7. The van der Waals surface area contributed by atoms with Gasteiger partial charge in [0, 0.05) is 18.6 Å². The Bertz CT molecular complexity index is 135. The van der Waals surface area contributed by atoms with Crippen molar-refractivity contribution in [1.29, 1.82) is 0 Å². The molecule has 50 valence electrons. The van der Waals surface area contributed by atoms with Gasteiger partial charge in [0.15, 0.2) is 0 Å². The van der Waals surface area contributed by atoms with E-state index in [0.717, 1.165) is 0 Å². The van der Waals surface area contributed by atoms with Crippen LogP contribution in [0.3, 0.4) is 0 Å². The van der Waals surface area contributed by atoms with Crippen molar-refractivity contribution in [3.63, 3.8) is 0 Å². The van der Waals surface area contributed by atoms with E-state index in [4.69, 9.17) is 5.11 Å². The second-order valence-electron chi connectivity index (χ2n) is 1.97. The molecular formula is C5H12O2S.